The molecule has 8 aromatic rings. The third kappa shape index (κ3) is 12.4. The highest BCUT2D eigenvalue weighted by Gasteiger charge is 2.41. The zero-order valence-corrected chi connectivity index (χ0v) is 56.0. The largest absolute Gasteiger partial charge is 0.378 e. The van der Waals surface area contributed by atoms with Gasteiger partial charge in [0.25, 0.3) is 0 Å². The van der Waals surface area contributed by atoms with Crippen LogP contribution in [0.1, 0.15) is 127 Å². The summed E-state index contributed by atoms with van der Waals surface area (Å²) < 4.78 is 68.1. The number of carbonyl (C=O) groups is 8. The van der Waals surface area contributed by atoms with Crippen molar-refractivity contribution in [2.45, 2.75) is 0 Å². The molecule has 0 spiro atoms. The van der Waals surface area contributed by atoms with E-state index in [1.54, 1.807) is 84.9 Å². The Morgan fingerprint density at radius 2 is 0.343 bits per heavy atom. The molecule has 3 heterocycles. The number of ether oxygens (including phenoxy) is 6. The zero-order chi connectivity index (χ0) is 70.1. The molecule has 0 radical (unpaired) electrons. The Labute approximate surface area is 586 Å². The first kappa shape index (κ1) is 67.4. The molecule has 7 aliphatic rings. The van der Waals surface area contributed by atoms with E-state index < -0.39 is 34.8 Å². The highest BCUT2D eigenvalue weighted by atomic mass is 19.1. The molecule has 0 saturated carbocycles. The van der Waals surface area contributed by atoms with Crippen LogP contribution in [0.25, 0.3) is 0 Å². The average molecular weight is 1380 g/mol. The van der Waals surface area contributed by atoms with Gasteiger partial charge in [-0.15, -0.1) is 0 Å². The number of anilines is 6. The van der Waals surface area contributed by atoms with E-state index in [-0.39, 0.29) is 191 Å². The van der Waals surface area contributed by atoms with Crippen molar-refractivity contribution in [2.75, 3.05) is 187 Å². The van der Waals surface area contributed by atoms with Crippen molar-refractivity contribution >= 4 is 80.4 Å². The maximum absolute atomic E-state index is 15.3. The maximum Gasteiger partial charge on any atom is 0.199 e. The minimum Gasteiger partial charge on any atom is -0.378 e. The molecule has 22 heteroatoms. The molecule has 8 aromatic carbocycles. The van der Waals surface area contributed by atoms with E-state index in [0.29, 0.717) is 113 Å². The van der Waals surface area contributed by atoms with Gasteiger partial charge in [0.1, 0.15) is 11.6 Å². The van der Waals surface area contributed by atoms with E-state index in [0.717, 1.165) is 0 Å². The van der Waals surface area contributed by atoms with Crippen LogP contribution in [-0.2, 0) is 28.4 Å². The van der Waals surface area contributed by atoms with Crippen molar-refractivity contribution in [3.8, 4) is 0 Å². The second kappa shape index (κ2) is 29.2. The van der Waals surface area contributed by atoms with E-state index in [2.05, 4.69) is 0 Å². The first-order valence-corrected chi connectivity index (χ1v) is 34.6. The molecule has 0 N–H and O–H groups in total. The third-order valence-corrected chi connectivity index (χ3v) is 20.2. The quantitative estimate of drug-likeness (QED) is 0.152. The van der Waals surface area contributed by atoms with E-state index >= 15 is 18.4 Å². The van der Waals surface area contributed by atoms with Gasteiger partial charge in [0.15, 0.2) is 46.3 Å². The maximum atomic E-state index is 15.3. The zero-order valence-electron chi connectivity index (χ0n) is 56.0. The second-order valence-corrected chi connectivity index (χ2v) is 25.8. The number of rotatable bonds is 6. The first-order chi connectivity index (χ1) is 49.9. The van der Waals surface area contributed by atoms with Crippen molar-refractivity contribution in [1.82, 2.24) is 0 Å². The normalized spacial score (nSPS) is 18.3. The Morgan fingerprint density at radius 1 is 0.196 bits per heavy atom. The van der Waals surface area contributed by atoms with Gasteiger partial charge in [-0.05, 0) is 48.5 Å². The van der Waals surface area contributed by atoms with Gasteiger partial charge in [0.05, 0.1) is 124 Å². The lowest BCUT2D eigenvalue weighted by Gasteiger charge is -2.34. The predicted molar refractivity (Wildman–Crippen MR) is 377 cm³/mol. The van der Waals surface area contributed by atoms with Crippen LogP contribution in [-0.4, -0.2) is 204 Å². The third-order valence-electron chi connectivity index (χ3n) is 20.2. The van der Waals surface area contributed by atoms with E-state index in [1.165, 1.54) is 36.4 Å². The van der Waals surface area contributed by atoms with Crippen molar-refractivity contribution in [3.63, 3.8) is 0 Å². The number of halogens is 2. The summed E-state index contributed by atoms with van der Waals surface area (Å²) in [5.41, 5.74) is 5.82. The van der Waals surface area contributed by atoms with Gasteiger partial charge in [-0.25, -0.2) is 8.78 Å². The molecular formula is C80H72F2N6O14. The van der Waals surface area contributed by atoms with Crippen molar-refractivity contribution in [1.29, 1.82) is 0 Å². The standard InChI is InChI=1S/C80H72F2N6O14/c81-57-17-1-9-49-65(57)77(93)67-51(73(49)89)11-3-19-59(67)83-25-37-97-41-29-85(30-42-98-38-26-83)61-21-5-13-53-69(61)79(95)71-55(75(53)91)15-7-23-63(71)87-33-45-101-47-35-88(36-48-102-46-34-87)64-24-8-16-56-72(64)80(96)70-54(76(56)92)14-6-22-62(70)86-31-43-99-39-27-84(28-40-100-44-32-86)60-20-4-12-52-68(60)78(94)66-50(74(52)90)10-2-18-58(66)82/h1-24H,25-48H2. The molecule has 0 aromatic heterocycles. The second-order valence-electron chi connectivity index (χ2n) is 25.8. The molecule has 3 saturated heterocycles. The van der Waals surface area contributed by atoms with Crippen LogP contribution in [0, 0.1) is 11.6 Å². The van der Waals surface area contributed by atoms with Gasteiger partial charge in [0, 0.05) is 157 Å². The average Bonchev–Trinajstić information content (AvgIpc) is 0.772. The highest BCUT2D eigenvalue weighted by Crippen LogP contribution is 2.42. The molecule has 20 nitrogen and oxygen atoms in total. The summed E-state index contributed by atoms with van der Waals surface area (Å²) in [5, 5.41) is 0. The minimum atomic E-state index is -0.752. The molecule has 3 fully saturated rings. The summed E-state index contributed by atoms with van der Waals surface area (Å²) in [6.45, 7) is 6.70. The summed E-state index contributed by atoms with van der Waals surface area (Å²) in [7, 11) is 0. The number of fused-ring (bicyclic) bond motifs is 8. The topological polar surface area (TPSA) is 211 Å². The van der Waals surface area contributed by atoms with Crippen LogP contribution in [0.15, 0.2) is 146 Å². The van der Waals surface area contributed by atoms with Crippen LogP contribution in [0.5, 0.6) is 0 Å². The summed E-state index contributed by atoms with van der Waals surface area (Å²) in [6.07, 6.45) is 0. The first-order valence-electron chi connectivity index (χ1n) is 34.6. The summed E-state index contributed by atoms with van der Waals surface area (Å²) in [5.74, 6) is -4.62. The SMILES string of the molecule is O=C1c2cccc(F)c2C(=O)c2c1cccc2N1CCOCCN(c2cccc3c2C(=O)c2c(cccc2N2CCOCCN(c4cccc5c4C(=O)c4c(cccc4N4CCOCCN(c6cccc7c6C(=O)c6c(F)cccc6C7=O)CCOCC4)C5=O)CCOCC2)C3=O)CCOCC1. The molecule has 15 rings (SSSR count). The monoisotopic (exact) mass is 1380 g/mol. The summed E-state index contributed by atoms with van der Waals surface area (Å²) in [6, 6.07) is 39.5. The van der Waals surface area contributed by atoms with Crippen LogP contribution in [0.4, 0.5) is 42.9 Å². The fourth-order valence-electron chi connectivity index (χ4n) is 15.2. The summed E-state index contributed by atoms with van der Waals surface area (Å²) >= 11 is 0. The van der Waals surface area contributed by atoms with Gasteiger partial charge in [-0.3, -0.25) is 38.4 Å². The number of benzene rings is 8. The predicted octanol–water partition coefficient (Wildman–Crippen LogP) is 9.15. The molecule has 0 unspecified atom stereocenters. The Hall–Kier alpha value is -10.5. The van der Waals surface area contributed by atoms with Gasteiger partial charge in [-0.2, -0.15) is 0 Å². The van der Waals surface area contributed by atoms with Crippen LogP contribution in [0.2, 0.25) is 0 Å². The number of hydrogen-bond acceptors (Lipinski definition) is 20. The van der Waals surface area contributed by atoms with Gasteiger partial charge >= 0.3 is 0 Å². The molecule has 0 bridgehead atoms. The van der Waals surface area contributed by atoms with Gasteiger partial charge in [0.2, 0.25) is 0 Å². The molecule has 0 atom stereocenters. The Bertz CT molecular complexity index is 4420. The molecule has 102 heavy (non-hydrogen) atoms. The van der Waals surface area contributed by atoms with Gasteiger partial charge < -0.3 is 57.8 Å². The fourth-order valence-corrected chi connectivity index (χ4v) is 15.2. The Kier molecular flexibility index (Phi) is 19.3. The van der Waals surface area contributed by atoms with Crippen LogP contribution in [0.3, 0.4) is 0 Å². The molecule has 0 amide bonds. The molecule has 3 aliphatic heterocycles. The number of nitrogens with zero attached hydrogens (tertiary/aromatic N) is 6. The number of hydrogen-bond donors (Lipinski definition) is 0. The number of carbonyl (C=O) groups excluding carboxylic acids is 8. The lowest BCUT2D eigenvalue weighted by Crippen LogP contribution is -2.39. The smallest absolute Gasteiger partial charge is 0.199 e. The Balaban J connectivity index is 0.596. The van der Waals surface area contributed by atoms with E-state index in [1.807, 2.05) is 53.7 Å². The lowest BCUT2D eigenvalue weighted by molar-refractivity contribution is 0.0975. The fraction of sp³-hybridized carbons (Fsp3) is 0.300. The molecule has 4 aliphatic carbocycles. The molecular weight excluding hydrogens is 1310 g/mol. The number of ketones is 8. The minimum absolute atomic E-state index is 0.0383. The Morgan fingerprint density at radius 3 is 0.520 bits per heavy atom. The van der Waals surface area contributed by atoms with Crippen molar-refractivity contribution in [2.24, 2.45) is 0 Å². The summed E-state index contributed by atoms with van der Waals surface area (Å²) in [4.78, 5) is 127. The van der Waals surface area contributed by atoms with Crippen molar-refractivity contribution in [3.05, 3.63) is 246 Å². The highest BCUT2D eigenvalue weighted by molar-refractivity contribution is 6.34. The lowest BCUT2D eigenvalue weighted by atomic mass is 9.82. The van der Waals surface area contributed by atoms with E-state index in [9.17, 15) is 28.8 Å². The van der Waals surface area contributed by atoms with Crippen LogP contribution >= 0.6 is 0 Å². The van der Waals surface area contributed by atoms with Crippen LogP contribution < -0.4 is 29.4 Å². The molecule has 520 valence electrons. The van der Waals surface area contributed by atoms with E-state index in [4.69, 9.17) is 28.4 Å². The van der Waals surface area contributed by atoms with Gasteiger partial charge in [-0.1, -0.05) is 97.1 Å². The van der Waals surface area contributed by atoms with Crippen molar-refractivity contribution < 1.29 is 75.6 Å².